The molecule has 3 heteroatoms. The maximum Gasteiger partial charge on any atom is 0.311 e. The van der Waals surface area contributed by atoms with Crippen LogP contribution in [0.25, 0.3) is 0 Å². The van der Waals surface area contributed by atoms with Crippen LogP contribution >= 0.6 is 0 Å². The van der Waals surface area contributed by atoms with Gasteiger partial charge in [0.05, 0.1) is 5.92 Å². The van der Waals surface area contributed by atoms with Gasteiger partial charge in [0.15, 0.2) is 0 Å². The Hall–Kier alpha value is -1.09. The lowest BCUT2D eigenvalue weighted by molar-refractivity contribution is -0.145. The van der Waals surface area contributed by atoms with Crippen molar-refractivity contribution in [3.8, 4) is 0 Å². The minimum Gasteiger partial charge on any atom is -0.461 e. The van der Waals surface area contributed by atoms with Crippen molar-refractivity contribution in [2.45, 2.75) is 77.7 Å². The molecule has 5 atom stereocenters. The van der Waals surface area contributed by atoms with Gasteiger partial charge in [-0.25, -0.2) is 0 Å². The highest BCUT2D eigenvalue weighted by Gasteiger charge is 2.51. The second-order valence-corrected chi connectivity index (χ2v) is 9.40. The van der Waals surface area contributed by atoms with Crippen molar-refractivity contribution in [2.75, 3.05) is 13.1 Å². The second kappa shape index (κ2) is 7.50. The fourth-order valence-corrected chi connectivity index (χ4v) is 5.92. The van der Waals surface area contributed by atoms with E-state index in [1.807, 2.05) is 0 Å². The summed E-state index contributed by atoms with van der Waals surface area (Å²) in [5.41, 5.74) is 3.47. The van der Waals surface area contributed by atoms with Crippen molar-refractivity contribution < 1.29 is 9.53 Å². The zero-order chi connectivity index (χ0) is 18.1. The first-order chi connectivity index (χ1) is 12.6. The van der Waals surface area contributed by atoms with Crippen LogP contribution in [0.2, 0.25) is 0 Å². The van der Waals surface area contributed by atoms with Gasteiger partial charge in [-0.3, -0.25) is 4.79 Å². The molecule has 0 spiro atoms. The zero-order valence-electron chi connectivity index (χ0n) is 16.6. The first kappa shape index (κ1) is 18.3. The molecule has 0 aromatic rings. The highest BCUT2D eigenvalue weighted by molar-refractivity contribution is 5.76. The summed E-state index contributed by atoms with van der Waals surface area (Å²) in [6.07, 6.45) is 16.2. The molecule has 1 N–H and O–H groups in total. The van der Waals surface area contributed by atoms with Crippen LogP contribution in [0.15, 0.2) is 23.3 Å². The summed E-state index contributed by atoms with van der Waals surface area (Å²) in [5.74, 6) is 0.979. The Labute approximate surface area is 158 Å². The van der Waals surface area contributed by atoms with Crippen molar-refractivity contribution in [1.29, 1.82) is 0 Å². The van der Waals surface area contributed by atoms with E-state index in [0.29, 0.717) is 5.92 Å². The van der Waals surface area contributed by atoms with Crippen LogP contribution in [0, 0.1) is 23.2 Å². The molecular weight excluding hydrogens is 322 g/mol. The van der Waals surface area contributed by atoms with Crippen LogP contribution in [0.4, 0.5) is 0 Å². The molecule has 0 amide bonds. The molecule has 1 heterocycles. The molecule has 4 aliphatic rings. The number of carbonyl (C=O) groups excluding carboxylic acids is 1. The maximum atomic E-state index is 12.5. The van der Waals surface area contributed by atoms with Crippen molar-refractivity contribution >= 4 is 5.97 Å². The number of esters is 1. The minimum atomic E-state index is 0.00603. The van der Waals surface area contributed by atoms with Gasteiger partial charge in [0.25, 0.3) is 0 Å². The van der Waals surface area contributed by atoms with Gasteiger partial charge in [-0.15, -0.1) is 0 Å². The highest BCUT2D eigenvalue weighted by Crippen LogP contribution is 2.53. The standard InChI is InChI=1S/C23H35NO2/c1-16-7-6-11-23(2)14-21-18(13-20(16)23)19(22(25)26-21)15-24-12-10-17-8-4-3-5-9-17/h8,13,16,18-19,21,24H,3-7,9-12,14-15H2,1-2H3/t16-,18+,19-,21+,23+/m0/s1. The number of hydrogen-bond acceptors (Lipinski definition) is 3. The number of fused-ring (bicyclic) bond motifs is 2. The van der Waals surface area contributed by atoms with Gasteiger partial charge in [0, 0.05) is 12.5 Å². The third-order valence-electron chi connectivity index (χ3n) is 7.45. The molecule has 0 radical (unpaired) electrons. The normalized spacial score (nSPS) is 39.5. The summed E-state index contributed by atoms with van der Waals surface area (Å²) in [6.45, 7) is 6.51. The SMILES string of the molecule is C[C@H]1CCC[C@]2(C)C[C@H]3OC(=O)[C@@H](CNCCC4=CCCCC4)[C@H]3C=C12. The Kier molecular flexibility index (Phi) is 5.27. The van der Waals surface area contributed by atoms with Crippen LogP contribution in [-0.2, 0) is 9.53 Å². The molecule has 3 aliphatic carbocycles. The predicted molar refractivity (Wildman–Crippen MR) is 105 cm³/mol. The van der Waals surface area contributed by atoms with Crippen molar-refractivity contribution in [2.24, 2.45) is 23.2 Å². The fourth-order valence-electron chi connectivity index (χ4n) is 5.92. The first-order valence-corrected chi connectivity index (χ1v) is 10.9. The Morgan fingerprint density at radius 2 is 2.19 bits per heavy atom. The molecule has 0 aromatic carbocycles. The van der Waals surface area contributed by atoms with E-state index in [9.17, 15) is 4.79 Å². The molecule has 0 aromatic heterocycles. The molecule has 4 rings (SSSR count). The van der Waals surface area contributed by atoms with Gasteiger partial charge in [0.2, 0.25) is 0 Å². The monoisotopic (exact) mass is 357 g/mol. The van der Waals surface area contributed by atoms with E-state index in [0.717, 1.165) is 25.9 Å². The largest absolute Gasteiger partial charge is 0.461 e. The number of rotatable bonds is 5. The number of carbonyl (C=O) groups is 1. The van der Waals surface area contributed by atoms with Crippen LogP contribution in [0.5, 0.6) is 0 Å². The second-order valence-electron chi connectivity index (χ2n) is 9.40. The summed E-state index contributed by atoms with van der Waals surface area (Å²) < 4.78 is 5.84. The summed E-state index contributed by atoms with van der Waals surface area (Å²) in [5, 5.41) is 3.56. The summed E-state index contributed by atoms with van der Waals surface area (Å²) in [4.78, 5) is 12.5. The lowest BCUT2D eigenvalue weighted by Gasteiger charge is -2.46. The van der Waals surface area contributed by atoms with Crippen molar-refractivity contribution in [3.63, 3.8) is 0 Å². The molecular formula is C23H35NO2. The van der Waals surface area contributed by atoms with Gasteiger partial charge >= 0.3 is 5.97 Å². The van der Waals surface area contributed by atoms with Crippen molar-refractivity contribution in [1.82, 2.24) is 5.32 Å². The molecule has 1 saturated carbocycles. The maximum absolute atomic E-state index is 12.5. The van der Waals surface area contributed by atoms with E-state index < -0.39 is 0 Å². The quantitative estimate of drug-likeness (QED) is 0.437. The predicted octanol–water partition coefficient (Wildman–Crippen LogP) is 4.78. The van der Waals surface area contributed by atoms with E-state index in [-0.39, 0.29) is 29.3 Å². The number of hydrogen-bond donors (Lipinski definition) is 1. The Bertz CT molecular complexity index is 607. The van der Waals surface area contributed by atoms with E-state index in [1.54, 1.807) is 11.1 Å². The van der Waals surface area contributed by atoms with Crippen LogP contribution in [-0.4, -0.2) is 25.2 Å². The Morgan fingerprint density at radius 1 is 1.31 bits per heavy atom. The molecule has 1 saturated heterocycles. The Balaban J connectivity index is 1.38. The third-order valence-corrected chi connectivity index (χ3v) is 7.45. The Morgan fingerprint density at radius 3 is 3.00 bits per heavy atom. The van der Waals surface area contributed by atoms with Gasteiger partial charge in [0.1, 0.15) is 6.10 Å². The first-order valence-electron chi connectivity index (χ1n) is 10.9. The fraction of sp³-hybridized carbons (Fsp3) is 0.783. The van der Waals surface area contributed by atoms with Crippen LogP contribution < -0.4 is 5.32 Å². The minimum absolute atomic E-state index is 0.00603. The van der Waals surface area contributed by atoms with Crippen LogP contribution in [0.1, 0.15) is 71.6 Å². The summed E-state index contributed by atoms with van der Waals surface area (Å²) in [7, 11) is 0. The smallest absolute Gasteiger partial charge is 0.311 e. The number of nitrogens with one attached hydrogen (secondary N) is 1. The molecule has 2 fully saturated rings. The summed E-state index contributed by atoms with van der Waals surface area (Å²) in [6, 6.07) is 0. The van der Waals surface area contributed by atoms with E-state index in [1.165, 1.54) is 44.9 Å². The molecule has 0 bridgehead atoms. The van der Waals surface area contributed by atoms with Gasteiger partial charge < -0.3 is 10.1 Å². The number of ether oxygens (including phenoxy) is 1. The zero-order valence-corrected chi connectivity index (χ0v) is 16.6. The average Bonchev–Trinajstić information content (AvgIpc) is 2.92. The molecule has 0 unspecified atom stereocenters. The van der Waals surface area contributed by atoms with Gasteiger partial charge in [-0.05, 0) is 69.2 Å². The summed E-state index contributed by atoms with van der Waals surface area (Å²) >= 11 is 0. The van der Waals surface area contributed by atoms with Crippen LogP contribution in [0.3, 0.4) is 0 Å². The van der Waals surface area contributed by atoms with E-state index in [4.69, 9.17) is 4.74 Å². The lowest BCUT2D eigenvalue weighted by Crippen LogP contribution is -2.40. The third kappa shape index (κ3) is 3.52. The van der Waals surface area contributed by atoms with Gasteiger partial charge in [-0.2, -0.15) is 0 Å². The molecule has 144 valence electrons. The van der Waals surface area contributed by atoms with Crippen molar-refractivity contribution in [3.05, 3.63) is 23.3 Å². The average molecular weight is 358 g/mol. The molecule has 1 aliphatic heterocycles. The highest BCUT2D eigenvalue weighted by atomic mass is 16.6. The van der Waals surface area contributed by atoms with E-state index in [2.05, 4.69) is 31.3 Å². The topological polar surface area (TPSA) is 38.3 Å². The molecule has 3 nitrogen and oxygen atoms in total. The van der Waals surface area contributed by atoms with E-state index >= 15 is 0 Å². The lowest BCUT2D eigenvalue weighted by atomic mass is 9.59. The van der Waals surface area contributed by atoms with Gasteiger partial charge in [-0.1, -0.05) is 43.6 Å². The number of allylic oxidation sites excluding steroid dienone is 2. The molecule has 26 heavy (non-hydrogen) atoms.